The van der Waals surface area contributed by atoms with Gasteiger partial charge in [0.1, 0.15) is 22.9 Å². The van der Waals surface area contributed by atoms with Crippen LogP contribution in [0.2, 0.25) is 0 Å². The molecule has 3 aromatic rings. The van der Waals surface area contributed by atoms with Gasteiger partial charge in [0.05, 0.1) is 12.2 Å². The van der Waals surface area contributed by atoms with Crippen LogP contribution in [0.3, 0.4) is 0 Å². The maximum absolute atomic E-state index is 13.9. The van der Waals surface area contributed by atoms with Gasteiger partial charge >= 0.3 is 6.09 Å². The lowest BCUT2D eigenvalue weighted by atomic mass is 9.78. The molecule has 1 aliphatic carbocycles. The minimum Gasteiger partial charge on any atom is -0.441 e. The second-order valence-electron chi connectivity index (χ2n) is 8.40. The zero-order valence-corrected chi connectivity index (χ0v) is 17.4. The van der Waals surface area contributed by atoms with Gasteiger partial charge in [0.25, 0.3) is 0 Å². The monoisotopic (exact) mass is 439 g/mol. The van der Waals surface area contributed by atoms with E-state index in [1.165, 1.54) is 27.9 Å². The summed E-state index contributed by atoms with van der Waals surface area (Å²) in [6, 6.07) is 11.2. The SMILES string of the molecule is O=C1OC2(CCC(CNc3ccn(-c4ccccc4F)n3)CC2)CN1c1ccnc(F)c1. The van der Waals surface area contributed by atoms with Crippen LogP contribution >= 0.6 is 0 Å². The van der Waals surface area contributed by atoms with Gasteiger partial charge in [0.15, 0.2) is 0 Å². The van der Waals surface area contributed by atoms with Crippen molar-refractivity contribution >= 4 is 17.6 Å². The van der Waals surface area contributed by atoms with E-state index < -0.39 is 17.6 Å². The van der Waals surface area contributed by atoms with Crippen LogP contribution in [0.25, 0.3) is 5.69 Å². The number of ether oxygens (including phenoxy) is 1. The smallest absolute Gasteiger partial charge is 0.415 e. The Hall–Kier alpha value is -3.49. The molecule has 2 aliphatic rings. The lowest BCUT2D eigenvalue weighted by molar-refractivity contribution is 0.0148. The molecule has 0 unspecified atom stereocenters. The van der Waals surface area contributed by atoms with Crippen molar-refractivity contribution in [2.75, 3.05) is 23.3 Å². The second-order valence-corrected chi connectivity index (χ2v) is 8.40. The molecule has 5 rings (SSSR count). The average Bonchev–Trinajstić information content (AvgIpc) is 3.38. The summed E-state index contributed by atoms with van der Waals surface area (Å²) in [5.74, 6) is 0.148. The fraction of sp³-hybridized carbons (Fsp3) is 0.348. The minimum absolute atomic E-state index is 0.325. The van der Waals surface area contributed by atoms with E-state index in [9.17, 15) is 13.6 Å². The topological polar surface area (TPSA) is 72.3 Å². The molecule has 1 amide bonds. The predicted octanol–water partition coefficient (Wildman–Crippen LogP) is 4.54. The first-order valence-electron chi connectivity index (χ1n) is 10.7. The van der Waals surface area contributed by atoms with Crippen LogP contribution in [0.5, 0.6) is 0 Å². The van der Waals surface area contributed by atoms with Gasteiger partial charge in [0, 0.05) is 31.1 Å². The van der Waals surface area contributed by atoms with Crippen molar-refractivity contribution in [3.8, 4) is 5.69 Å². The summed E-state index contributed by atoms with van der Waals surface area (Å²) >= 11 is 0. The lowest BCUT2D eigenvalue weighted by Crippen LogP contribution is -2.39. The number of hydrogen-bond donors (Lipinski definition) is 1. The summed E-state index contributed by atoms with van der Waals surface area (Å²) in [7, 11) is 0. The number of anilines is 2. The molecule has 1 N–H and O–H groups in total. The van der Waals surface area contributed by atoms with Crippen molar-refractivity contribution in [2.45, 2.75) is 31.3 Å². The Morgan fingerprint density at radius 1 is 1.16 bits per heavy atom. The Morgan fingerprint density at radius 2 is 1.97 bits per heavy atom. The molecule has 3 heterocycles. The highest BCUT2D eigenvalue weighted by Gasteiger charge is 2.47. The van der Waals surface area contributed by atoms with Crippen LogP contribution in [0.15, 0.2) is 54.9 Å². The van der Waals surface area contributed by atoms with E-state index in [0.29, 0.717) is 29.7 Å². The van der Waals surface area contributed by atoms with Gasteiger partial charge in [-0.2, -0.15) is 9.49 Å². The zero-order chi connectivity index (χ0) is 22.1. The fourth-order valence-electron chi connectivity index (χ4n) is 4.49. The van der Waals surface area contributed by atoms with Crippen LogP contribution < -0.4 is 10.2 Å². The second kappa shape index (κ2) is 8.22. The number of carbonyl (C=O) groups is 1. The summed E-state index contributed by atoms with van der Waals surface area (Å²) in [5.41, 5.74) is 0.343. The summed E-state index contributed by atoms with van der Waals surface area (Å²) in [6.07, 6.45) is 5.92. The molecule has 7 nitrogen and oxygen atoms in total. The van der Waals surface area contributed by atoms with Crippen molar-refractivity contribution in [1.29, 1.82) is 0 Å². The highest BCUT2D eigenvalue weighted by molar-refractivity contribution is 5.90. The lowest BCUT2D eigenvalue weighted by Gasteiger charge is -2.35. The molecule has 1 aromatic carbocycles. The molecule has 166 valence electrons. The Labute approximate surface area is 184 Å². The Bertz CT molecular complexity index is 1130. The van der Waals surface area contributed by atoms with E-state index in [1.807, 2.05) is 6.07 Å². The first-order valence-corrected chi connectivity index (χ1v) is 10.7. The van der Waals surface area contributed by atoms with Crippen molar-refractivity contribution in [3.05, 3.63) is 66.6 Å². The fourth-order valence-corrected chi connectivity index (χ4v) is 4.49. The Kier molecular flexibility index (Phi) is 5.24. The predicted molar refractivity (Wildman–Crippen MR) is 115 cm³/mol. The first kappa shape index (κ1) is 20.4. The molecule has 2 aromatic heterocycles. The number of rotatable bonds is 5. The molecule has 0 atom stereocenters. The molecule has 9 heteroatoms. The number of hydrogen-bond acceptors (Lipinski definition) is 5. The van der Waals surface area contributed by atoms with Gasteiger partial charge < -0.3 is 10.1 Å². The number of nitrogens with one attached hydrogen (secondary N) is 1. The first-order chi connectivity index (χ1) is 15.5. The van der Waals surface area contributed by atoms with E-state index in [2.05, 4.69) is 15.4 Å². The van der Waals surface area contributed by atoms with E-state index in [4.69, 9.17) is 4.74 Å². The van der Waals surface area contributed by atoms with E-state index in [-0.39, 0.29) is 5.82 Å². The van der Waals surface area contributed by atoms with Crippen LogP contribution in [0.4, 0.5) is 25.1 Å². The maximum atomic E-state index is 13.9. The number of para-hydroxylation sites is 1. The number of carbonyl (C=O) groups excluding carboxylic acids is 1. The Morgan fingerprint density at radius 3 is 2.75 bits per heavy atom. The van der Waals surface area contributed by atoms with E-state index >= 15 is 0 Å². The normalized spacial score (nSPS) is 22.9. The molecule has 1 saturated heterocycles. The van der Waals surface area contributed by atoms with Crippen molar-refractivity contribution in [2.24, 2.45) is 5.92 Å². The van der Waals surface area contributed by atoms with Crippen LogP contribution in [-0.4, -0.2) is 39.5 Å². The molecule has 0 bridgehead atoms. The quantitative estimate of drug-likeness (QED) is 0.591. The van der Waals surface area contributed by atoms with Crippen molar-refractivity contribution in [3.63, 3.8) is 0 Å². The van der Waals surface area contributed by atoms with Gasteiger partial charge in [-0.15, -0.1) is 0 Å². The number of pyridine rings is 1. The number of benzene rings is 1. The van der Waals surface area contributed by atoms with Gasteiger partial charge in [-0.3, -0.25) is 4.90 Å². The van der Waals surface area contributed by atoms with Crippen molar-refractivity contribution < 1.29 is 18.3 Å². The minimum atomic E-state index is -0.622. The highest BCUT2D eigenvalue weighted by Crippen LogP contribution is 2.40. The summed E-state index contributed by atoms with van der Waals surface area (Å²) in [5, 5.41) is 7.74. The Balaban J connectivity index is 1.16. The van der Waals surface area contributed by atoms with Crippen molar-refractivity contribution in [1.82, 2.24) is 14.8 Å². The summed E-state index contributed by atoms with van der Waals surface area (Å²) < 4.78 is 34.7. The summed E-state index contributed by atoms with van der Waals surface area (Å²) in [4.78, 5) is 17.4. The third kappa shape index (κ3) is 4.02. The molecule has 0 radical (unpaired) electrons. The number of aromatic nitrogens is 3. The number of nitrogens with zero attached hydrogens (tertiary/aromatic N) is 4. The largest absolute Gasteiger partial charge is 0.441 e. The molecule has 1 aliphatic heterocycles. The number of amides is 1. The van der Waals surface area contributed by atoms with Crippen LogP contribution in [0.1, 0.15) is 25.7 Å². The van der Waals surface area contributed by atoms with Gasteiger partial charge in [-0.25, -0.2) is 18.9 Å². The average molecular weight is 439 g/mol. The summed E-state index contributed by atoms with van der Waals surface area (Å²) in [6.45, 7) is 1.15. The van der Waals surface area contributed by atoms with E-state index in [1.54, 1.807) is 30.5 Å². The molecular formula is C23H23F2N5O2. The third-order valence-corrected chi connectivity index (χ3v) is 6.27. The van der Waals surface area contributed by atoms with Gasteiger partial charge in [-0.05, 0) is 49.8 Å². The highest BCUT2D eigenvalue weighted by atomic mass is 19.1. The number of halogens is 2. The molecule has 2 fully saturated rings. The maximum Gasteiger partial charge on any atom is 0.415 e. The molecule has 1 saturated carbocycles. The van der Waals surface area contributed by atoms with Gasteiger partial charge in [-0.1, -0.05) is 12.1 Å². The van der Waals surface area contributed by atoms with E-state index in [0.717, 1.165) is 32.2 Å². The molecular weight excluding hydrogens is 416 g/mol. The zero-order valence-electron chi connectivity index (χ0n) is 17.4. The van der Waals surface area contributed by atoms with Gasteiger partial charge in [0.2, 0.25) is 5.95 Å². The third-order valence-electron chi connectivity index (χ3n) is 6.27. The van der Waals surface area contributed by atoms with Crippen LogP contribution in [-0.2, 0) is 4.74 Å². The molecule has 1 spiro atoms. The molecule has 32 heavy (non-hydrogen) atoms. The van der Waals surface area contributed by atoms with Crippen LogP contribution in [0, 0.1) is 17.7 Å². The standard InChI is InChI=1S/C23H23F2N5O2/c24-18-3-1-2-4-19(18)30-12-8-21(28-30)27-14-16-5-9-23(10-6-16)15-29(22(31)32-23)17-7-11-26-20(25)13-17/h1-4,7-8,11-13,16H,5-6,9-10,14-15H2,(H,27,28).